The third-order valence-corrected chi connectivity index (χ3v) is 7.24. The monoisotopic (exact) mass is 441 g/mol. The molecule has 0 aliphatic heterocycles. The number of nitrogens with zero attached hydrogens (tertiary/aromatic N) is 2. The van der Waals surface area contributed by atoms with Gasteiger partial charge in [-0.3, -0.25) is 28.9 Å². The maximum absolute atomic E-state index is 13.6. The van der Waals surface area contributed by atoms with Crippen LogP contribution in [0.5, 0.6) is 5.75 Å². The van der Waals surface area contributed by atoms with Gasteiger partial charge in [0.25, 0.3) is 0 Å². The van der Waals surface area contributed by atoms with Crippen molar-refractivity contribution in [1.29, 1.82) is 0 Å². The van der Waals surface area contributed by atoms with E-state index in [-0.39, 0.29) is 11.3 Å². The van der Waals surface area contributed by atoms with Crippen molar-refractivity contribution in [2.24, 2.45) is 35.3 Å². The van der Waals surface area contributed by atoms with E-state index in [4.69, 9.17) is 5.73 Å². The highest BCUT2D eigenvalue weighted by molar-refractivity contribution is 6.28. The lowest BCUT2D eigenvalue weighted by molar-refractivity contribution is -0.157. The fourth-order valence-electron chi connectivity index (χ4n) is 6.03. The molecule has 0 bridgehead atoms. The summed E-state index contributed by atoms with van der Waals surface area (Å²) in [5.74, 6) is -8.83. The number of carbonyl (C=O) groups excluding carboxylic acids is 5. The molecule has 0 spiro atoms. The van der Waals surface area contributed by atoms with Gasteiger partial charge in [-0.25, -0.2) is 0 Å². The van der Waals surface area contributed by atoms with E-state index in [0.717, 1.165) is 5.69 Å². The zero-order chi connectivity index (χ0) is 23.6. The molecule has 9 heteroatoms. The molecule has 2 saturated carbocycles. The summed E-state index contributed by atoms with van der Waals surface area (Å²) >= 11 is 0. The van der Waals surface area contributed by atoms with E-state index in [2.05, 4.69) is 0 Å². The van der Waals surface area contributed by atoms with Gasteiger partial charge in [0.1, 0.15) is 5.75 Å². The largest absolute Gasteiger partial charge is 0.507 e. The van der Waals surface area contributed by atoms with Gasteiger partial charge in [-0.15, -0.1) is 0 Å². The second-order valence-corrected chi connectivity index (χ2v) is 9.49. The number of likely N-dealkylation sites (N-methyl/N-ethyl adjacent to an activating group) is 1. The van der Waals surface area contributed by atoms with Gasteiger partial charge in [0.05, 0.1) is 23.4 Å². The van der Waals surface area contributed by atoms with Gasteiger partial charge in [0.2, 0.25) is 5.91 Å². The number of Topliss-reactive ketones (excluding diaryl/α,β-unsaturated/α-hetero) is 4. The van der Waals surface area contributed by atoms with Crippen molar-refractivity contribution in [3.63, 3.8) is 0 Å². The van der Waals surface area contributed by atoms with Gasteiger partial charge in [-0.05, 0) is 56.5 Å². The Morgan fingerprint density at radius 2 is 1.66 bits per heavy atom. The van der Waals surface area contributed by atoms with Crippen LogP contribution >= 0.6 is 0 Å². The molecule has 3 N–H and O–H groups in total. The number of amides is 1. The van der Waals surface area contributed by atoms with Gasteiger partial charge in [-0.1, -0.05) is 0 Å². The smallest absolute Gasteiger partial charge is 0.235 e. The van der Waals surface area contributed by atoms with E-state index in [9.17, 15) is 29.1 Å². The predicted molar refractivity (Wildman–Crippen MR) is 114 cm³/mol. The zero-order valence-corrected chi connectivity index (χ0v) is 18.5. The van der Waals surface area contributed by atoms with Crippen LogP contribution in [0.25, 0.3) is 0 Å². The summed E-state index contributed by atoms with van der Waals surface area (Å²) in [6, 6.07) is 2.33. The van der Waals surface area contributed by atoms with Crippen LogP contribution in [0.1, 0.15) is 22.3 Å². The number of primary amides is 1. The molecular formula is C23H27N3O6. The number of aromatic hydroxyl groups is 1. The molecule has 32 heavy (non-hydrogen) atoms. The number of hydrogen-bond acceptors (Lipinski definition) is 8. The van der Waals surface area contributed by atoms with Crippen molar-refractivity contribution in [3.05, 3.63) is 23.3 Å². The molecule has 3 aliphatic rings. The van der Waals surface area contributed by atoms with Crippen LogP contribution < -0.4 is 10.6 Å². The molecule has 4 rings (SSSR count). The van der Waals surface area contributed by atoms with Crippen LogP contribution in [0.2, 0.25) is 0 Å². The molecule has 0 aromatic heterocycles. The van der Waals surface area contributed by atoms with Crippen molar-refractivity contribution < 1.29 is 29.1 Å². The number of phenols is 1. The van der Waals surface area contributed by atoms with Gasteiger partial charge in [-0.2, -0.15) is 0 Å². The minimum atomic E-state index is -1.69. The van der Waals surface area contributed by atoms with Crippen molar-refractivity contribution in [2.45, 2.75) is 18.9 Å². The third-order valence-electron chi connectivity index (χ3n) is 7.24. The summed E-state index contributed by atoms with van der Waals surface area (Å²) in [6.45, 7) is 0. The minimum Gasteiger partial charge on any atom is -0.507 e. The summed E-state index contributed by atoms with van der Waals surface area (Å²) in [7, 11) is 6.98. The summed E-state index contributed by atoms with van der Waals surface area (Å²) in [4.78, 5) is 68.5. The first-order valence-electron chi connectivity index (χ1n) is 10.6. The molecule has 0 heterocycles. The second-order valence-electron chi connectivity index (χ2n) is 9.49. The molecule has 2 fully saturated rings. The number of benzene rings is 1. The van der Waals surface area contributed by atoms with Crippen LogP contribution in [-0.2, 0) is 25.6 Å². The molecule has 9 nitrogen and oxygen atoms in total. The maximum Gasteiger partial charge on any atom is 0.235 e. The van der Waals surface area contributed by atoms with Crippen LogP contribution in [0, 0.1) is 29.6 Å². The fourth-order valence-corrected chi connectivity index (χ4v) is 6.03. The topological polar surface area (TPSA) is 138 Å². The average Bonchev–Trinajstić information content (AvgIpc) is 2.66. The number of anilines is 1. The van der Waals surface area contributed by atoms with E-state index in [1.807, 2.05) is 19.0 Å². The molecular weight excluding hydrogens is 414 g/mol. The molecule has 6 atom stereocenters. The van der Waals surface area contributed by atoms with Gasteiger partial charge < -0.3 is 15.7 Å². The van der Waals surface area contributed by atoms with Gasteiger partial charge in [0.15, 0.2) is 29.1 Å². The van der Waals surface area contributed by atoms with Gasteiger partial charge >= 0.3 is 0 Å². The standard InChI is InChI=1S/C23H27N3O6/c1-25(2)12-5-6-13(27)15-10(12)7-9-8-11-16(20(29)14(9)19(15)28)21(30)17(23(24)32)22(31)18(11)26(3)4/h5-6,9,11,14,16-18,27H,7-8H2,1-4H3,(H2,24,32). The molecule has 0 saturated heterocycles. The third kappa shape index (κ3) is 2.98. The number of carbonyl (C=O) groups is 5. The Labute approximate surface area is 185 Å². The first-order valence-corrected chi connectivity index (χ1v) is 10.6. The molecule has 6 unspecified atom stereocenters. The Kier molecular flexibility index (Phi) is 5.20. The Balaban J connectivity index is 1.83. The quantitative estimate of drug-likeness (QED) is 0.616. The number of ketones is 4. The Morgan fingerprint density at radius 1 is 1.00 bits per heavy atom. The van der Waals surface area contributed by atoms with E-state index >= 15 is 0 Å². The molecule has 1 aromatic carbocycles. The lowest BCUT2D eigenvalue weighted by atomic mass is 9.54. The first kappa shape index (κ1) is 22.1. The Bertz CT molecular complexity index is 1060. The van der Waals surface area contributed by atoms with E-state index in [0.29, 0.717) is 18.4 Å². The second kappa shape index (κ2) is 7.51. The number of hydrogen-bond donors (Lipinski definition) is 2. The molecule has 1 amide bonds. The van der Waals surface area contributed by atoms with Crippen molar-refractivity contribution in [3.8, 4) is 5.75 Å². The highest BCUT2D eigenvalue weighted by Gasteiger charge is 2.61. The summed E-state index contributed by atoms with van der Waals surface area (Å²) < 4.78 is 0. The summed E-state index contributed by atoms with van der Waals surface area (Å²) in [5.41, 5.74) is 6.90. The normalized spacial score (nSPS) is 31.8. The fraction of sp³-hybridized carbons (Fsp3) is 0.522. The van der Waals surface area contributed by atoms with Crippen LogP contribution in [0.4, 0.5) is 5.69 Å². The van der Waals surface area contributed by atoms with E-state index < -0.39 is 64.7 Å². The SMILES string of the molecule is CN(C)c1ccc(O)c2c1CC1CC3C(C(=O)C(C(N)=O)C(=O)C3N(C)C)C(=O)C1C2=O. The lowest BCUT2D eigenvalue weighted by Crippen LogP contribution is -2.64. The van der Waals surface area contributed by atoms with Crippen molar-refractivity contribution >= 4 is 34.7 Å². The van der Waals surface area contributed by atoms with E-state index in [1.54, 1.807) is 25.1 Å². The molecule has 0 radical (unpaired) electrons. The van der Waals surface area contributed by atoms with Gasteiger partial charge in [0, 0.05) is 19.8 Å². The number of rotatable bonds is 3. The Morgan fingerprint density at radius 3 is 2.22 bits per heavy atom. The highest BCUT2D eigenvalue weighted by atomic mass is 16.3. The molecule has 1 aromatic rings. The Hall–Kier alpha value is -3.07. The maximum atomic E-state index is 13.6. The van der Waals surface area contributed by atoms with Crippen LogP contribution in [0.3, 0.4) is 0 Å². The molecule has 170 valence electrons. The molecule has 3 aliphatic carbocycles. The van der Waals surface area contributed by atoms with Crippen LogP contribution in [-0.4, -0.2) is 73.3 Å². The van der Waals surface area contributed by atoms with Crippen molar-refractivity contribution in [1.82, 2.24) is 4.90 Å². The number of fused-ring (bicyclic) bond motifs is 3. The number of phenolic OH excluding ortho intramolecular Hbond substituents is 1. The van der Waals surface area contributed by atoms with E-state index in [1.165, 1.54) is 6.07 Å². The average molecular weight is 441 g/mol. The zero-order valence-electron chi connectivity index (χ0n) is 18.5. The lowest BCUT2D eigenvalue weighted by Gasteiger charge is -2.48. The summed E-state index contributed by atoms with van der Waals surface area (Å²) in [6.07, 6.45) is 0.672. The number of nitrogens with two attached hydrogens (primary N) is 1. The van der Waals surface area contributed by atoms with Crippen LogP contribution in [0.15, 0.2) is 12.1 Å². The highest BCUT2D eigenvalue weighted by Crippen LogP contribution is 2.50. The first-order chi connectivity index (χ1) is 15.0. The summed E-state index contributed by atoms with van der Waals surface area (Å²) in [5, 5.41) is 10.4. The minimum absolute atomic E-state index is 0.110. The van der Waals surface area contributed by atoms with Crippen molar-refractivity contribution in [2.75, 3.05) is 33.1 Å². The predicted octanol–water partition coefficient (Wildman–Crippen LogP) is -0.182.